The molecule has 6 nitrogen and oxygen atoms in total. The van der Waals surface area contributed by atoms with Crippen molar-refractivity contribution in [3.8, 4) is 0 Å². The summed E-state index contributed by atoms with van der Waals surface area (Å²) in [5.74, 6) is -0.0541. The minimum Gasteiger partial charge on any atom is -0.376 e. The number of nitro groups is 1. The van der Waals surface area contributed by atoms with Crippen molar-refractivity contribution in [1.29, 1.82) is 0 Å². The van der Waals surface area contributed by atoms with Gasteiger partial charge in [-0.15, -0.1) is 0 Å². The topological polar surface area (TPSA) is 84.3 Å². The molecule has 0 aliphatic carbocycles. The Labute approximate surface area is 117 Å². The molecule has 1 aromatic rings. The highest BCUT2D eigenvalue weighted by Gasteiger charge is 2.22. The normalized spacial score (nSPS) is 13.2. The molecule has 0 saturated carbocycles. The third kappa shape index (κ3) is 3.14. The van der Waals surface area contributed by atoms with Crippen molar-refractivity contribution in [3.05, 3.63) is 39.5 Å². The van der Waals surface area contributed by atoms with Gasteiger partial charge in [0.25, 0.3) is 5.69 Å². The third-order valence-electron chi connectivity index (χ3n) is 3.12. The smallest absolute Gasteiger partial charge is 0.292 e. The van der Waals surface area contributed by atoms with E-state index in [9.17, 15) is 14.9 Å². The monoisotopic (exact) mass is 275 g/mol. The fourth-order valence-corrected chi connectivity index (χ4v) is 2.07. The molecule has 0 saturated heterocycles. The first kappa shape index (κ1) is 14.0. The Hall–Kier alpha value is -2.37. The summed E-state index contributed by atoms with van der Waals surface area (Å²) < 4.78 is 0. The zero-order valence-corrected chi connectivity index (χ0v) is 11.5. The lowest BCUT2D eigenvalue weighted by Gasteiger charge is -2.18. The van der Waals surface area contributed by atoms with Crippen LogP contribution in [0.4, 0.5) is 17.1 Å². The van der Waals surface area contributed by atoms with Crippen LogP contribution in [0.25, 0.3) is 0 Å². The van der Waals surface area contributed by atoms with E-state index in [0.29, 0.717) is 30.8 Å². The molecule has 0 aromatic heterocycles. The zero-order valence-electron chi connectivity index (χ0n) is 11.5. The molecular formula is C14H17N3O3. The van der Waals surface area contributed by atoms with Gasteiger partial charge in [0.2, 0.25) is 5.91 Å². The number of amides is 1. The summed E-state index contributed by atoms with van der Waals surface area (Å²) in [6, 6.07) is 3.18. The number of nitrogens with one attached hydrogen (secondary N) is 2. The van der Waals surface area contributed by atoms with Gasteiger partial charge in [-0.05, 0) is 31.9 Å². The van der Waals surface area contributed by atoms with E-state index in [1.165, 1.54) is 0 Å². The van der Waals surface area contributed by atoms with Crippen LogP contribution >= 0.6 is 0 Å². The number of hydrogen-bond acceptors (Lipinski definition) is 4. The Morgan fingerprint density at radius 3 is 2.85 bits per heavy atom. The first-order valence-corrected chi connectivity index (χ1v) is 6.46. The van der Waals surface area contributed by atoms with Crippen molar-refractivity contribution < 1.29 is 9.72 Å². The van der Waals surface area contributed by atoms with Crippen molar-refractivity contribution in [3.63, 3.8) is 0 Å². The zero-order chi connectivity index (χ0) is 14.7. The maximum Gasteiger partial charge on any atom is 0.292 e. The fraction of sp³-hybridized carbons (Fsp3) is 0.357. The van der Waals surface area contributed by atoms with E-state index in [2.05, 4.69) is 10.6 Å². The van der Waals surface area contributed by atoms with Crippen LogP contribution in [-0.4, -0.2) is 17.4 Å². The molecule has 0 unspecified atom stereocenters. The Morgan fingerprint density at radius 1 is 1.45 bits per heavy atom. The Morgan fingerprint density at radius 2 is 2.20 bits per heavy atom. The van der Waals surface area contributed by atoms with E-state index in [1.807, 2.05) is 19.9 Å². The van der Waals surface area contributed by atoms with Gasteiger partial charge >= 0.3 is 0 Å². The first-order chi connectivity index (χ1) is 9.47. The summed E-state index contributed by atoms with van der Waals surface area (Å²) >= 11 is 0. The number of anilines is 2. The predicted molar refractivity (Wildman–Crippen MR) is 78.0 cm³/mol. The lowest BCUT2D eigenvalue weighted by atomic mass is 10.0. The van der Waals surface area contributed by atoms with Gasteiger partial charge < -0.3 is 10.6 Å². The average molecular weight is 275 g/mol. The van der Waals surface area contributed by atoms with Crippen molar-refractivity contribution in [1.82, 2.24) is 0 Å². The molecule has 20 heavy (non-hydrogen) atoms. The highest BCUT2D eigenvalue weighted by atomic mass is 16.6. The van der Waals surface area contributed by atoms with Gasteiger partial charge in [0, 0.05) is 24.7 Å². The fourth-order valence-electron chi connectivity index (χ4n) is 2.07. The SMILES string of the molecule is CC(C)=CCNc1cc2c(cc1[N+](=O)[O-])CCC(=O)N2. The highest BCUT2D eigenvalue weighted by Crippen LogP contribution is 2.33. The number of hydrogen-bond donors (Lipinski definition) is 2. The van der Waals surface area contributed by atoms with Gasteiger partial charge in [0.1, 0.15) is 5.69 Å². The van der Waals surface area contributed by atoms with Crippen LogP contribution in [0.1, 0.15) is 25.8 Å². The molecule has 106 valence electrons. The number of nitro benzene ring substituents is 1. The molecule has 1 aromatic carbocycles. The minimum atomic E-state index is -0.401. The van der Waals surface area contributed by atoms with Crippen molar-refractivity contribution in [2.45, 2.75) is 26.7 Å². The van der Waals surface area contributed by atoms with Gasteiger partial charge in [-0.3, -0.25) is 14.9 Å². The second-order valence-electron chi connectivity index (χ2n) is 4.99. The van der Waals surface area contributed by atoms with Gasteiger partial charge in [0.15, 0.2) is 0 Å². The van der Waals surface area contributed by atoms with Gasteiger partial charge in [-0.2, -0.15) is 0 Å². The Kier molecular flexibility index (Phi) is 4.02. The third-order valence-corrected chi connectivity index (χ3v) is 3.12. The van der Waals surface area contributed by atoms with Crippen LogP contribution in [0.5, 0.6) is 0 Å². The second-order valence-corrected chi connectivity index (χ2v) is 4.99. The van der Waals surface area contributed by atoms with E-state index in [0.717, 1.165) is 11.1 Å². The van der Waals surface area contributed by atoms with Crippen LogP contribution < -0.4 is 10.6 Å². The molecular weight excluding hydrogens is 258 g/mol. The Balaban J connectivity index is 2.33. The van der Waals surface area contributed by atoms with Crippen molar-refractivity contribution in [2.24, 2.45) is 0 Å². The number of carbonyl (C=O) groups excluding carboxylic acids is 1. The number of fused-ring (bicyclic) bond motifs is 1. The lowest BCUT2D eigenvalue weighted by molar-refractivity contribution is -0.384. The standard InChI is InChI=1S/C14H17N3O3/c1-9(2)5-6-15-12-8-11-10(3-4-14(18)16-11)7-13(12)17(19)20/h5,7-8,15H,3-4,6H2,1-2H3,(H,16,18). The van der Waals surface area contributed by atoms with Gasteiger partial charge in [0.05, 0.1) is 4.92 Å². The van der Waals surface area contributed by atoms with E-state index in [-0.39, 0.29) is 11.6 Å². The van der Waals surface area contributed by atoms with Crippen LogP contribution in [0.15, 0.2) is 23.8 Å². The summed E-state index contributed by atoms with van der Waals surface area (Å²) in [5.41, 5.74) is 3.07. The average Bonchev–Trinajstić information content (AvgIpc) is 2.37. The maximum atomic E-state index is 11.4. The number of carbonyl (C=O) groups is 1. The van der Waals surface area contributed by atoms with Crippen LogP contribution in [0, 0.1) is 10.1 Å². The molecule has 6 heteroatoms. The molecule has 2 rings (SSSR count). The largest absolute Gasteiger partial charge is 0.376 e. The quantitative estimate of drug-likeness (QED) is 0.502. The highest BCUT2D eigenvalue weighted by molar-refractivity contribution is 5.95. The van der Waals surface area contributed by atoms with Crippen LogP contribution in [-0.2, 0) is 11.2 Å². The first-order valence-electron chi connectivity index (χ1n) is 6.46. The van der Waals surface area contributed by atoms with E-state index >= 15 is 0 Å². The molecule has 0 atom stereocenters. The molecule has 1 amide bonds. The number of rotatable bonds is 4. The molecule has 1 heterocycles. The number of benzene rings is 1. The van der Waals surface area contributed by atoms with Crippen molar-refractivity contribution in [2.75, 3.05) is 17.2 Å². The van der Waals surface area contributed by atoms with Crippen LogP contribution in [0.3, 0.4) is 0 Å². The molecule has 1 aliphatic heterocycles. The van der Waals surface area contributed by atoms with Gasteiger partial charge in [-0.1, -0.05) is 11.6 Å². The van der Waals surface area contributed by atoms with Crippen LogP contribution in [0.2, 0.25) is 0 Å². The van der Waals surface area contributed by atoms with E-state index < -0.39 is 4.92 Å². The number of aryl methyl sites for hydroxylation is 1. The molecule has 0 radical (unpaired) electrons. The Bertz CT molecular complexity index is 590. The number of allylic oxidation sites excluding steroid dienone is 1. The summed E-state index contributed by atoms with van der Waals surface area (Å²) in [6.45, 7) is 4.43. The summed E-state index contributed by atoms with van der Waals surface area (Å²) in [6.07, 6.45) is 2.85. The molecule has 0 fully saturated rings. The molecule has 2 N–H and O–H groups in total. The summed E-state index contributed by atoms with van der Waals surface area (Å²) in [7, 11) is 0. The van der Waals surface area contributed by atoms with E-state index in [1.54, 1.807) is 12.1 Å². The minimum absolute atomic E-state index is 0.0436. The molecule has 1 aliphatic rings. The molecule has 0 bridgehead atoms. The lowest BCUT2D eigenvalue weighted by Crippen LogP contribution is -2.19. The van der Waals surface area contributed by atoms with E-state index in [4.69, 9.17) is 0 Å². The summed E-state index contributed by atoms with van der Waals surface area (Å²) in [4.78, 5) is 22.1. The predicted octanol–water partition coefficient (Wildman–Crippen LogP) is 2.86. The maximum absolute atomic E-state index is 11.4. The van der Waals surface area contributed by atoms with Crippen molar-refractivity contribution >= 4 is 23.0 Å². The molecule has 0 spiro atoms. The summed E-state index contributed by atoms with van der Waals surface area (Å²) in [5, 5.41) is 16.9. The second kappa shape index (κ2) is 5.73. The number of nitrogens with zero attached hydrogens (tertiary/aromatic N) is 1. The van der Waals surface area contributed by atoms with Gasteiger partial charge in [-0.25, -0.2) is 0 Å².